The van der Waals surface area contributed by atoms with Crippen LogP contribution in [0.25, 0.3) is 0 Å². The van der Waals surface area contributed by atoms with Crippen molar-refractivity contribution in [2.45, 2.75) is 39.3 Å². The minimum Gasteiger partial charge on any atom is -0.336 e. The van der Waals surface area contributed by atoms with Gasteiger partial charge in [-0.25, -0.2) is 9.67 Å². The summed E-state index contributed by atoms with van der Waals surface area (Å²) in [5, 5.41) is 4.56. The predicted octanol–water partition coefficient (Wildman–Crippen LogP) is 1.06. The largest absolute Gasteiger partial charge is 0.336 e. The standard InChI is InChI=1S/C19H30N6O/c1-19(2,3)17-4-5-18(26)25(21-17)15-14-23-10-8-22(9-11-23)12-13-24-7-6-20-16-24/h4-7,16H,8-15H2,1-3H3. The molecule has 1 saturated heterocycles. The van der Waals surface area contributed by atoms with Crippen LogP contribution in [-0.2, 0) is 18.5 Å². The molecule has 7 heteroatoms. The van der Waals surface area contributed by atoms with E-state index in [1.54, 1.807) is 10.7 Å². The first-order chi connectivity index (χ1) is 12.4. The lowest BCUT2D eigenvalue weighted by molar-refractivity contribution is 0.124. The number of hydrogen-bond donors (Lipinski definition) is 0. The number of piperazine rings is 1. The fraction of sp³-hybridized carbons (Fsp3) is 0.632. The molecule has 1 aliphatic heterocycles. The van der Waals surface area contributed by atoms with Gasteiger partial charge in [-0.3, -0.25) is 14.6 Å². The van der Waals surface area contributed by atoms with E-state index < -0.39 is 0 Å². The number of aromatic nitrogens is 4. The van der Waals surface area contributed by atoms with Crippen LogP contribution in [0.15, 0.2) is 35.6 Å². The van der Waals surface area contributed by atoms with E-state index >= 15 is 0 Å². The van der Waals surface area contributed by atoms with Crippen LogP contribution in [0.5, 0.6) is 0 Å². The molecule has 0 radical (unpaired) electrons. The monoisotopic (exact) mass is 358 g/mol. The summed E-state index contributed by atoms with van der Waals surface area (Å²) in [5.74, 6) is 0. The van der Waals surface area contributed by atoms with Gasteiger partial charge in [-0.05, 0) is 6.07 Å². The van der Waals surface area contributed by atoms with Gasteiger partial charge in [0, 0.05) is 69.7 Å². The maximum atomic E-state index is 12.1. The van der Waals surface area contributed by atoms with Gasteiger partial charge >= 0.3 is 0 Å². The summed E-state index contributed by atoms with van der Waals surface area (Å²) in [7, 11) is 0. The predicted molar refractivity (Wildman–Crippen MR) is 102 cm³/mol. The van der Waals surface area contributed by atoms with Crippen LogP contribution in [0, 0.1) is 0 Å². The van der Waals surface area contributed by atoms with Crippen LogP contribution in [0.1, 0.15) is 26.5 Å². The van der Waals surface area contributed by atoms with E-state index in [1.807, 2.05) is 24.8 Å². The molecule has 2 aromatic rings. The van der Waals surface area contributed by atoms with Crippen LogP contribution >= 0.6 is 0 Å². The Morgan fingerprint density at radius 3 is 2.19 bits per heavy atom. The Bertz CT molecular complexity index is 738. The first kappa shape index (κ1) is 18.8. The molecule has 3 rings (SSSR count). The molecule has 142 valence electrons. The third kappa shape index (κ3) is 5.02. The van der Waals surface area contributed by atoms with Crippen LogP contribution in [0.2, 0.25) is 0 Å². The Morgan fingerprint density at radius 1 is 0.962 bits per heavy atom. The highest BCUT2D eigenvalue weighted by molar-refractivity contribution is 5.10. The molecule has 1 fully saturated rings. The average Bonchev–Trinajstić information content (AvgIpc) is 3.13. The summed E-state index contributed by atoms with van der Waals surface area (Å²) in [4.78, 5) is 21.1. The van der Waals surface area contributed by atoms with E-state index in [9.17, 15) is 4.79 Å². The minimum absolute atomic E-state index is 0.0167. The number of rotatable bonds is 6. The van der Waals surface area contributed by atoms with Crippen LogP contribution in [0.4, 0.5) is 0 Å². The molecule has 7 nitrogen and oxygen atoms in total. The first-order valence-electron chi connectivity index (χ1n) is 9.41. The quantitative estimate of drug-likeness (QED) is 0.773. The highest BCUT2D eigenvalue weighted by atomic mass is 16.1. The third-order valence-corrected chi connectivity index (χ3v) is 4.96. The first-order valence-corrected chi connectivity index (χ1v) is 9.41. The van der Waals surface area contributed by atoms with Crippen molar-refractivity contribution < 1.29 is 0 Å². The molecule has 0 atom stereocenters. The highest BCUT2D eigenvalue weighted by Gasteiger charge is 2.18. The molecule has 3 heterocycles. The average molecular weight is 358 g/mol. The molecule has 0 saturated carbocycles. The summed E-state index contributed by atoms with van der Waals surface area (Å²) < 4.78 is 3.73. The second-order valence-electron chi connectivity index (χ2n) is 8.01. The van der Waals surface area contributed by atoms with Crippen molar-refractivity contribution in [1.82, 2.24) is 29.1 Å². The Morgan fingerprint density at radius 2 is 1.62 bits per heavy atom. The van der Waals surface area contributed by atoms with Crippen molar-refractivity contribution in [1.29, 1.82) is 0 Å². The lowest BCUT2D eigenvalue weighted by Gasteiger charge is -2.34. The van der Waals surface area contributed by atoms with Gasteiger partial charge in [0.05, 0.1) is 18.6 Å². The van der Waals surface area contributed by atoms with Crippen LogP contribution in [-0.4, -0.2) is 68.4 Å². The van der Waals surface area contributed by atoms with Gasteiger partial charge in [-0.1, -0.05) is 20.8 Å². The molecule has 0 amide bonds. The van der Waals surface area contributed by atoms with Crippen molar-refractivity contribution in [2.75, 3.05) is 39.3 Å². The maximum absolute atomic E-state index is 12.1. The van der Waals surface area contributed by atoms with Gasteiger partial charge in [0.15, 0.2) is 0 Å². The van der Waals surface area contributed by atoms with Gasteiger partial charge in [0.25, 0.3) is 5.56 Å². The van der Waals surface area contributed by atoms with E-state index in [0.29, 0.717) is 6.54 Å². The van der Waals surface area contributed by atoms with Crippen molar-refractivity contribution >= 4 is 0 Å². The summed E-state index contributed by atoms with van der Waals surface area (Å²) in [6, 6.07) is 3.49. The molecule has 0 aliphatic carbocycles. The second-order valence-corrected chi connectivity index (χ2v) is 8.01. The van der Waals surface area contributed by atoms with Gasteiger partial charge in [0.2, 0.25) is 0 Å². The van der Waals surface area contributed by atoms with Crippen molar-refractivity contribution in [3.8, 4) is 0 Å². The Hall–Kier alpha value is -1.99. The summed E-state index contributed by atoms with van der Waals surface area (Å²) in [5.41, 5.74) is 0.898. The summed E-state index contributed by atoms with van der Waals surface area (Å²) >= 11 is 0. The third-order valence-electron chi connectivity index (χ3n) is 4.96. The van der Waals surface area contributed by atoms with E-state index in [-0.39, 0.29) is 11.0 Å². The zero-order valence-electron chi connectivity index (χ0n) is 16.1. The molecule has 1 aliphatic rings. The van der Waals surface area contributed by atoms with Crippen LogP contribution in [0.3, 0.4) is 0 Å². The zero-order chi connectivity index (χ0) is 18.6. The molecular formula is C19H30N6O. The fourth-order valence-electron chi connectivity index (χ4n) is 3.16. The number of imidazole rings is 1. The lowest BCUT2D eigenvalue weighted by atomic mass is 9.92. The topological polar surface area (TPSA) is 59.2 Å². The van der Waals surface area contributed by atoms with E-state index in [2.05, 4.69) is 45.2 Å². The molecule has 26 heavy (non-hydrogen) atoms. The van der Waals surface area contributed by atoms with Gasteiger partial charge in [-0.2, -0.15) is 5.10 Å². The van der Waals surface area contributed by atoms with Crippen molar-refractivity contribution in [3.63, 3.8) is 0 Å². The second kappa shape index (κ2) is 8.14. The van der Waals surface area contributed by atoms with Gasteiger partial charge in [-0.15, -0.1) is 0 Å². The molecular weight excluding hydrogens is 328 g/mol. The SMILES string of the molecule is CC(C)(C)c1ccc(=O)n(CCN2CCN(CCn3ccnc3)CC2)n1. The Balaban J connectivity index is 1.46. The molecule has 2 aromatic heterocycles. The van der Waals surface area contributed by atoms with Crippen LogP contribution < -0.4 is 5.56 Å². The maximum Gasteiger partial charge on any atom is 0.266 e. The molecule has 0 N–H and O–H groups in total. The molecule has 0 bridgehead atoms. The number of nitrogens with zero attached hydrogens (tertiary/aromatic N) is 6. The van der Waals surface area contributed by atoms with Gasteiger partial charge < -0.3 is 4.57 Å². The minimum atomic E-state index is -0.0453. The lowest BCUT2D eigenvalue weighted by Crippen LogP contribution is -2.48. The number of hydrogen-bond acceptors (Lipinski definition) is 5. The fourth-order valence-corrected chi connectivity index (χ4v) is 3.16. The van der Waals surface area contributed by atoms with Gasteiger partial charge in [0.1, 0.15) is 0 Å². The zero-order valence-corrected chi connectivity index (χ0v) is 16.1. The van der Waals surface area contributed by atoms with Crippen molar-refractivity contribution in [3.05, 3.63) is 46.9 Å². The molecule has 0 unspecified atom stereocenters. The summed E-state index contributed by atoms with van der Waals surface area (Å²) in [6.45, 7) is 14.1. The Labute approximate surface area is 155 Å². The van der Waals surface area contributed by atoms with E-state index in [0.717, 1.165) is 51.5 Å². The highest BCUT2D eigenvalue weighted by Crippen LogP contribution is 2.18. The molecule has 0 aromatic carbocycles. The van der Waals surface area contributed by atoms with E-state index in [1.165, 1.54) is 0 Å². The van der Waals surface area contributed by atoms with Crippen molar-refractivity contribution in [2.24, 2.45) is 0 Å². The van der Waals surface area contributed by atoms with E-state index in [4.69, 9.17) is 0 Å². The Kier molecular flexibility index (Phi) is 5.88. The summed E-state index contributed by atoms with van der Waals surface area (Å²) in [6.07, 6.45) is 5.70. The molecule has 0 spiro atoms. The smallest absolute Gasteiger partial charge is 0.266 e. The normalized spacial score (nSPS) is 16.9.